The van der Waals surface area contributed by atoms with Crippen LogP contribution in [-0.4, -0.2) is 21.0 Å². The van der Waals surface area contributed by atoms with Crippen LogP contribution in [0.2, 0.25) is 0 Å². The van der Waals surface area contributed by atoms with Crippen molar-refractivity contribution < 1.29 is 5.11 Å². The summed E-state index contributed by atoms with van der Waals surface area (Å²) < 4.78 is 3.10. The fraction of sp³-hybridized carbons (Fsp3) is 0.571. The van der Waals surface area contributed by atoms with Crippen molar-refractivity contribution in [3.05, 3.63) is 16.0 Å². The first-order valence-corrected chi connectivity index (χ1v) is 4.71. The van der Waals surface area contributed by atoms with Crippen molar-refractivity contribution in [3.8, 4) is 0 Å². The maximum Gasteiger partial charge on any atom is 0.0623 e. The van der Waals surface area contributed by atoms with Gasteiger partial charge >= 0.3 is 0 Å². The van der Waals surface area contributed by atoms with E-state index in [1.54, 1.807) is 0 Å². The van der Waals surface area contributed by atoms with Gasteiger partial charge in [-0.3, -0.25) is 4.68 Å². The van der Waals surface area contributed by atoms with Gasteiger partial charge in [0.1, 0.15) is 0 Å². The molecule has 1 fully saturated rings. The minimum atomic E-state index is -0.0955. The minimum absolute atomic E-state index is 0.0955. The lowest BCUT2D eigenvalue weighted by Gasteiger charge is -2.31. The Bertz CT molecular complexity index is 255. The molecule has 2 rings (SSSR count). The number of hydrogen-bond acceptors (Lipinski definition) is 2. The highest BCUT2D eigenvalue weighted by atomic mass is 127. The Kier molecular flexibility index (Phi) is 1.88. The molecule has 0 radical (unpaired) electrons. The van der Waals surface area contributed by atoms with Gasteiger partial charge in [0.2, 0.25) is 0 Å². The summed E-state index contributed by atoms with van der Waals surface area (Å²) in [5, 5.41) is 13.2. The Labute approximate surface area is 78.5 Å². The quantitative estimate of drug-likeness (QED) is 0.773. The Hall–Kier alpha value is -0.100. The van der Waals surface area contributed by atoms with E-state index in [0.717, 1.165) is 16.4 Å². The number of hydrogen-bond donors (Lipinski definition) is 1. The van der Waals surface area contributed by atoms with E-state index in [4.69, 9.17) is 5.11 Å². The van der Waals surface area contributed by atoms with Crippen molar-refractivity contribution in [3.63, 3.8) is 0 Å². The summed E-state index contributed by atoms with van der Waals surface area (Å²) in [6, 6.07) is 0.438. The molecule has 0 amide bonds. The maximum absolute atomic E-state index is 9.04. The first kappa shape index (κ1) is 7.54. The molecule has 11 heavy (non-hydrogen) atoms. The van der Waals surface area contributed by atoms with Crippen LogP contribution in [0.3, 0.4) is 0 Å². The number of rotatable bonds is 1. The minimum Gasteiger partial charge on any atom is -0.393 e. The molecule has 1 heterocycles. The monoisotopic (exact) mass is 264 g/mol. The molecule has 0 unspecified atom stereocenters. The first-order valence-electron chi connectivity index (χ1n) is 3.63. The molecule has 0 bridgehead atoms. The van der Waals surface area contributed by atoms with E-state index in [0.29, 0.717) is 6.04 Å². The number of aromatic nitrogens is 2. The highest BCUT2D eigenvalue weighted by Crippen LogP contribution is 2.31. The average Bonchev–Trinajstić information content (AvgIpc) is 2.29. The highest BCUT2D eigenvalue weighted by molar-refractivity contribution is 14.1. The molecule has 0 aromatic carbocycles. The van der Waals surface area contributed by atoms with Crippen LogP contribution in [0.15, 0.2) is 12.4 Å². The van der Waals surface area contributed by atoms with Gasteiger partial charge in [-0.1, -0.05) is 0 Å². The van der Waals surface area contributed by atoms with Crippen LogP contribution in [0, 0.1) is 3.57 Å². The molecule has 1 aliphatic rings. The number of aliphatic hydroxyl groups excluding tert-OH is 1. The van der Waals surface area contributed by atoms with Gasteiger partial charge in [-0.05, 0) is 35.4 Å². The van der Waals surface area contributed by atoms with Crippen molar-refractivity contribution in [1.82, 2.24) is 9.78 Å². The van der Waals surface area contributed by atoms with Crippen LogP contribution in [0.4, 0.5) is 0 Å². The lowest BCUT2D eigenvalue weighted by molar-refractivity contribution is 0.0434. The van der Waals surface area contributed by atoms with E-state index in [1.165, 1.54) is 0 Å². The molecular formula is C7H9IN2O. The molecule has 4 heteroatoms. The van der Waals surface area contributed by atoms with Gasteiger partial charge in [-0.15, -0.1) is 0 Å². The average molecular weight is 264 g/mol. The van der Waals surface area contributed by atoms with Gasteiger partial charge in [0, 0.05) is 6.20 Å². The van der Waals surface area contributed by atoms with Crippen LogP contribution in [0.25, 0.3) is 0 Å². The van der Waals surface area contributed by atoms with Crippen LogP contribution >= 0.6 is 22.6 Å². The molecule has 1 aromatic rings. The van der Waals surface area contributed by atoms with Gasteiger partial charge < -0.3 is 5.11 Å². The summed E-state index contributed by atoms with van der Waals surface area (Å²) in [6.45, 7) is 0. The molecule has 0 atom stereocenters. The van der Waals surface area contributed by atoms with Gasteiger partial charge in [0.25, 0.3) is 0 Å². The van der Waals surface area contributed by atoms with E-state index in [1.807, 2.05) is 17.1 Å². The second-order valence-electron chi connectivity index (χ2n) is 2.92. The molecule has 0 aliphatic heterocycles. The van der Waals surface area contributed by atoms with E-state index in [-0.39, 0.29) is 6.10 Å². The predicted octanol–water partition coefficient (Wildman–Crippen LogP) is 1.18. The van der Waals surface area contributed by atoms with Crippen molar-refractivity contribution >= 4 is 22.6 Å². The summed E-state index contributed by atoms with van der Waals surface area (Å²) in [5.74, 6) is 0. The van der Waals surface area contributed by atoms with Crippen LogP contribution in [0.1, 0.15) is 18.9 Å². The highest BCUT2D eigenvalue weighted by Gasteiger charge is 2.28. The normalized spacial score (nSPS) is 30.0. The standard InChI is InChI=1S/C7H9IN2O/c8-5-3-9-10(4-5)6-1-7(11)2-6/h3-4,6-7,11H,1-2H2. The zero-order chi connectivity index (χ0) is 7.84. The first-order chi connectivity index (χ1) is 5.25. The summed E-state index contributed by atoms with van der Waals surface area (Å²) in [4.78, 5) is 0. The third kappa shape index (κ3) is 1.41. The number of aliphatic hydroxyl groups is 1. The lowest BCUT2D eigenvalue weighted by atomic mass is 9.90. The molecule has 1 aliphatic carbocycles. The van der Waals surface area contributed by atoms with E-state index in [2.05, 4.69) is 27.7 Å². The lowest BCUT2D eigenvalue weighted by Crippen LogP contribution is -2.30. The van der Waals surface area contributed by atoms with E-state index in [9.17, 15) is 0 Å². The van der Waals surface area contributed by atoms with Gasteiger partial charge in [-0.2, -0.15) is 5.10 Å². The maximum atomic E-state index is 9.04. The van der Waals surface area contributed by atoms with Crippen LogP contribution in [0.5, 0.6) is 0 Å². The van der Waals surface area contributed by atoms with Gasteiger partial charge in [-0.25, -0.2) is 0 Å². The fourth-order valence-electron chi connectivity index (χ4n) is 1.29. The fourth-order valence-corrected chi connectivity index (χ4v) is 1.70. The zero-order valence-electron chi connectivity index (χ0n) is 5.94. The van der Waals surface area contributed by atoms with Crippen molar-refractivity contribution in [2.75, 3.05) is 0 Å². The molecule has 1 aromatic heterocycles. The zero-order valence-corrected chi connectivity index (χ0v) is 8.10. The topological polar surface area (TPSA) is 38.0 Å². The van der Waals surface area contributed by atoms with E-state index >= 15 is 0 Å². The molecule has 60 valence electrons. The summed E-state index contributed by atoms with van der Waals surface area (Å²) in [7, 11) is 0. The molecule has 3 nitrogen and oxygen atoms in total. The molecule has 0 spiro atoms. The second-order valence-corrected chi connectivity index (χ2v) is 4.16. The Morgan fingerprint density at radius 2 is 2.36 bits per heavy atom. The number of halogens is 1. The SMILES string of the molecule is OC1CC(n2cc(I)cn2)C1. The van der Waals surface area contributed by atoms with Crippen LogP contribution < -0.4 is 0 Å². The summed E-state index contributed by atoms with van der Waals surface area (Å²) in [5.41, 5.74) is 0. The second kappa shape index (κ2) is 2.75. The van der Waals surface area contributed by atoms with Crippen molar-refractivity contribution in [2.45, 2.75) is 25.0 Å². The van der Waals surface area contributed by atoms with Gasteiger partial charge in [0.05, 0.1) is 21.9 Å². The van der Waals surface area contributed by atoms with Gasteiger partial charge in [0.15, 0.2) is 0 Å². The predicted molar refractivity (Wildman–Crippen MR) is 49.2 cm³/mol. The molecular weight excluding hydrogens is 255 g/mol. The Balaban J connectivity index is 2.07. The van der Waals surface area contributed by atoms with Crippen LogP contribution in [-0.2, 0) is 0 Å². The van der Waals surface area contributed by atoms with Crippen molar-refractivity contribution in [2.24, 2.45) is 0 Å². The summed E-state index contributed by atoms with van der Waals surface area (Å²) in [6.07, 6.45) is 5.47. The largest absolute Gasteiger partial charge is 0.393 e. The third-order valence-electron chi connectivity index (χ3n) is 2.03. The Morgan fingerprint density at radius 1 is 1.64 bits per heavy atom. The summed E-state index contributed by atoms with van der Waals surface area (Å²) >= 11 is 2.23. The third-order valence-corrected chi connectivity index (χ3v) is 2.59. The molecule has 0 saturated heterocycles. The number of nitrogens with zero attached hydrogens (tertiary/aromatic N) is 2. The Morgan fingerprint density at radius 3 is 2.82 bits per heavy atom. The molecule has 1 saturated carbocycles. The van der Waals surface area contributed by atoms with E-state index < -0.39 is 0 Å². The smallest absolute Gasteiger partial charge is 0.0623 e. The molecule has 1 N–H and O–H groups in total. The van der Waals surface area contributed by atoms with Crippen molar-refractivity contribution in [1.29, 1.82) is 0 Å².